The van der Waals surface area contributed by atoms with Crippen LogP contribution >= 0.6 is 22.9 Å². The van der Waals surface area contributed by atoms with Crippen LogP contribution in [0.4, 0.5) is 0 Å². The highest BCUT2D eigenvalue weighted by molar-refractivity contribution is 7.18. The minimum atomic E-state index is 0.0758. The quantitative estimate of drug-likeness (QED) is 0.539. The van der Waals surface area contributed by atoms with E-state index in [4.69, 9.17) is 21.3 Å². The molecular weight excluding hydrogens is 442 g/mol. The van der Waals surface area contributed by atoms with Crippen molar-refractivity contribution in [1.29, 1.82) is 0 Å². The molecule has 1 amide bonds. The zero-order valence-electron chi connectivity index (χ0n) is 18.2. The van der Waals surface area contributed by atoms with E-state index in [0.717, 1.165) is 50.9 Å². The molecule has 2 saturated heterocycles. The smallest absolute Gasteiger partial charge is 0.224 e. The fourth-order valence-corrected chi connectivity index (χ4v) is 6.62. The average molecular weight is 470 g/mol. The van der Waals surface area contributed by atoms with Gasteiger partial charge >= 0.3 is 0 Å². The number of carbonyl (C=O) groups excluding carboxylic acids is 1. The van der Waals surface area contributed by atoms with Crippen LogP contribution in [0.25, 0.3) is 10.2 Å². The first-order chi connectivity index (χ1) is 15.6. The summed E-state index contributed by atoms with van der Waals surface area (Å²) in [6.07, 6.45) is 5.98. The Hall–Kier alpha value is -2.15. The maximum atomic E-state index is 12.8. The molecule has 0 saturated carbocycles. The summed E-state index contributed by atoms with van der Waals surface area (Å²) in [6, 6.07) is 14.9. The van der Waals surface area contributed by atoms with Crippen molar-refractivity contribution in [3.8, 4) is 5.75 Å². The SMILES string of the molecule is COc1ccccc1CC(=O)NC1CC2CCCC(C1)N2Cc1nc2c(Cl)cccc2s1. The fraction of sp³-hybridized carbons (Fsp3) is 0.440. The number of halogens is 1. The molecule has 3 aromatic rings. The van der Waals surface area contributed by atoms with E-state index in [1.807, 2.05) is 36.4 Å². The predicted molar refractivity (Wildman–Crippen MR) is 129 cm³/mol. The summed E-state index contributed by atoms with van der Waals surface area (Å²) in [5, 5.41) is 5.16. The maximum absolute atomic E-state index is 12.8. The number of benzene rings is 2. The van der Waals surface area contributed by atoms with Gasteiger partial charge in [-0.25, -0.2) is 4.98 Å². The van der Waals surface area contributed by atoms with Gasteiger partial charge < -0.3 is 10.1 Å². The van der Waals surface area contributed by atoms with Gasteiger partial charge in [0.2, 0.25) is 5.91 Å². The number of thiazole rings is 1. The number of nitrogens with one attached hydrogen (secondary N) is 1. The molecular formula is C25H28ClN3O2S. The van der Waals surface area contributed by atoms with Crippen LogP contribution in [0, 0.1) is 0 Å². The summed E-state index contributed by atoms with van der Waals surface area (Å²) in [4.78, 5) is 20.2. The Labute approximate surface area is 197 Å². The van der Waals surface area contributed by atoms with E-state index in [0.29, 0.717) is 18.5 Å². The van der Waals surface area contributed by atoms with E-state index in [9.17, 15) is 4.79 Å². The molecule has 0 aliphatic carbocycles. The minimum absolute atomic E-state index is 0.0758. The molecule has 2 aromatic carbocycles. The number of para-hydroxylation sites is 2. The number of piperidine rings is 2. The molecule has 3 heterocycles. The first-order valence-electron chi connectivity index (χ1n) is 11.3. The van der Waals surface area contributed by atoms with Crippen molar-refractivity contribution in [2.24, 2.45) is 0 Å². The van der Waals surface area contributed by atoms with Gasteiger partial charge in [-0.05, 0) is 43.9 Å². The van der Waals surface area contributed by atoms with Crippen molar-refractivity contribution < 1.29 is 9.53 Å². The number of hydrogen-bond acceptors (Lipinski definition) is 5. The monoisotopic (exact) mass is 469 g/mol. The van der Waals surface area contributed by atoms with Crippen molar-refractivity contribution in [2.75, 3.05) is 7.11 Å². The summed E-state index contributed by atoms with van der Waals surface area (Å²) in [7, 11) is 1.65. The number of nitrogens with zero attached hydrogens (tertiary/aromatic N) is 2. The fourth-order valence-electron chi connectivity index (χ4n) is 5.34. The number of amides is 1. The van der Waals surface area contributed by atoms with Gasteiger partial charge in [0.05, 0.1) is 29.8 Å². The summed E-state index contributed by atoms with van der Waals surface area (Å²) in [6.45, 7) is 0.868. The normalized spacial score (nSPS) is 23.2. The van der Waals surface area contributed by atoms with E-state index in [-0.39, 0.29) is 11.9 Å². The molecule has 168 valence electrons. The Morgan fingerprint density at radius 2 is 1.97 bits per heavy atom. The van der Waals surface area contributed by atoms with Crippen molar-refractivity contribution >= 4 is 39.1 Å². The van der Waals surface area contributed by atoms with E-state index in [1.165, 1.54) is 19.3 Å². The Balaban J connectivity index is 1.24. The van der Waals surface area contributed by atoms with Gasteiger partial charge in [0, 0.05) is 23.7 Å². The van der Waals surface area contributed by atoms with E-state index < -0.39 is 0 Å². The standard InChI is InChI=1S/C25H28ClN3O2S/c1-31-21-10-3-2-6-16(21)12-23(30)27-17-13-18-7-4-8-19(14-17)29(18)15-24-28-25-20(26)9-5-11-22(25)32-24/h2-3,5-6,9-11,17-19H,4,7-8,12-15H2,1H3,(H,27,30). The molecule has 5 rings (SSSR count). The van der Waals surface area contributed by atoms with Gasteiger partial charge in [-0.15, -0.1) is 11.3 Å². The first kappa shape index (κ1) is 21.7. The Kier molecular flexibility index (Phi) is 6.35. The van der Waals surface area contributed by atoms with Gasteiger partial charge in [-0.1, -0.05) is 42.3 Å². The number of aromatic nitrogens is 1. The van der Waals surface area contributed by atoms with Crippen molar-refractivity contribution in [1.82, 2.24) is 15.2 Å². The third-order valence-electron chi connectivity index (χ3n) is 6.77. The molecule has 2 fully saturated rings. The molecule has 2 aliphatic heterocycles. The summed E-state index contributed by atoms with van der Waals surface area (Å²) >= 11 is 8.08. The van der Waals surface area contributed by atoms with E-state index >= 15 is 0 Å². The first-order valence-corrected chi connectivity index (χ1v) is 12.5. The zero-order valence-corrected chi connectivity index (χ0v) is 19.8. The van der Waals surface area contributed by atoms with Gasteiger partial charge in [-0.2, -0.15) is 0 Å². The van der Waals surface area contributed by atoms with Crippen molar-refractivity contribution in [3.63, 3.8) is 0 Å². The maximum Gasteiger partial charge on any atom is 0.224 e. The van der Waals surface area contributed by atoms with Crippen LogP contribution in [0.3, 0.4) is 0 Å². The predicted octanol–water partition coefficient (Wildman–Crippen LogP) is 5.20. The van der Waals surface area contributed by atoms with Gasteiger partial charge in [0.1, 0.15) is 16.3 Å². The molecule has 5 nitrogen and oxygen atoms in total. The molecule has 32 heavy (non-hydrogen) atoms. The van der Waals surface area contributed by atoms with Crippen LogP contribution in [-0.2, 0) is 17.8 Å². The van der Waals surface area contributed by atoms with Crippen LogP contribution in [0.2, 0.25) is 5.02 Å². The lowest BCUT2D eigenvalue weighted by molar-refractivity contribution is -0.122. The third kappa shape index (κ3) is 4.49. The van der Waals surface area contributed by atoms with Gasteiger partial charge in [0.25, 0.3) is 0 Å². The topological polar surface area (TPSA) is 54.5 Å². The summed E-state index contributed by atoms with van der Waals surface area (Å²) < 4.78 is 6.55. The number of carbonyl (C=O) groups is 1. The number of hydrogen-bond donors (Lipinski definition) is 1. The number of ether oxygens (including phenoxy) is 1. The Morgan fingerprint density at radius 1 is 1.19 bits per heavy atom. The number of fused-ring (bicyclic) bond motifs is 3. The lowest BCUT2D eigenvalue weighted by Crippen LogP contribution is -2.56. The molecule has 2 unspecified atom stereocenters. The molecule has 2 atom stereocenters. The minimum Gasteiger partial charge on any atom is -0.496 e. The second-order valence-corrected chi connectivity index (χ2v) is 10.4. The van der Waals surface area contributed by atoms with Crippen LogP contribution in [0.5, 0.6) is 5.75 Å². The Bertz CT molecular complexity index is 1100. The van der Waals surface area contributed by atoms with Crippen molar-refractivity contribution in [2.45, 2.75) is 63.2 Å². The average Bonchev–Trinajstić information content (AvgIpc) is 3.18. The zero-order chi connectivity index (χ0) is 22.1. The van der Waals surface area contributed by atoms with Crippen LogP contribution in [0.1, 0.15) is 42.7 Å². The second-order valence-electron chi connectivity index (χ2n) is 8.83. The third-order valence-corrected chi connectivity index (χ3v) is 8.08. The van der Waals surface area contributed by atoms with Crippen LogP contribution in [0.15, 0.2) is 42.5 Å². The van der Waals surface area contributed by atoms with Crippen LogP contribution < -0.4 is 10.1 Å². The highest BCUT2D eigenvalue weighted by atomic mass is 35.5. The lowest BCUT2D eigenvalue weighted by Gasteiger charge is -2.48. The molecule has 2 bridgehead atoms. The summed E-state index contributed by atoms with van der Waals surface area (Å²) in [5.74, 6) is 0.845. The van der Waals surface area contributed by atoms with Gasteiger partial charge in [0.15, 0.2) is 0 Å². The number of rotatable bonds is 6. The molecule has 2 aliphatic rings. The van der Waals surface area contributed by atoms with E-state index in [2.05, 4.69) is 16.3 Å². The van der Waals surface area contributed by atoms with Crippen LogP contribution in [-0.4, -0.2) is 41.0 Å². The molecule has 7 heteroatoms. The molecule has 0 radical (unpaired) electrons. The molecule has 1 aromatic heterocycles. The largest absolute Gasteiger partial charge is 0.496 e. The Morgan fingerprint density at radius 3 is 2.72 bits per heavy atom. The number of methoxy groups -OCH3 is 1. The van der Waals surface area contributed by atoms with Gasteiger partial charge in [-0.3, -0.25) is 9.69 Å². The second kappa shape index (κ2) is 9.38. The lowest BCUT2D eigenvalue weighted by atomic mass is 9.81. The molecule has 1 N–H and O–H groups in total. The van der Waals surface area contributed by atoms with Crippen molar-refractivity contribution in [3.05, 3.63) is 58.1 Å². The van der Waals surface area contributed by atoms with E-state index in [1.54, 1.807) is 18.4 Å². The highest BCUT2D eigenvalue weighted by Gasteiger charge is 2.39. The summed E-state index contributed by atoms with van der Waals surface area (Å²) in [5.41, 5.74) is 1.84. The highest BCUT2D eigenvalue weighted by Crippen LogP contribution is 2.37. The molecule has 0 spiro atoms.